The molecule has 2 aliphatic rings. The number of alkyl carbamates (subject to hydrolysis) is 1. The van der Waals surface area contributed by atoms with Gasteiger partial charge in [-0.2, -0.15) is 13.2 Å². The first kappa shape index (κ1) is 23.6. The van der Waals surface area contributed by atoms with Crippen molar-refractivity contribution in [2.24, 2.45) is 6.98 Å². The van der Waals surface area contributed by atoms with E-state index in [-0.39, 0.29) is 51.3 Å². The lowest BCUT2D eigenvalue weighted by atomic mass is 9.86. The average Bonchev–Trinajstić information content (AvgIpc) is 3.64. The molecule has 0 unspecified atom stereocenters. The van der Waals surface area contributed by atoms with E-state index in [0.29, 0.717) is 17.4 Å². The van der Waals surface area contributed by atoms with Crippen LogP contribution in [0.15, 0.2) is 41.3 Å². The fourth-order valence-corrected chi connectivity index (χ4v) is 5.17. The summed E-state index contributed by atoms with van der Waals surface area (Å²) in [5, 5.41) is 16.5. The van der Waals surface area contributed by atoms with Gasteiger partial charge < -0.3 is 20.5 Å². The van der Waals surface area contributed by atoms with Crippen molar-refractivity contribution >= 4 is 39.7 Å². The Morgan fingerprint density at radius 2 is 1.90 bits per heavy atom. The SMILES string of the molecule is [2H]C([2H])([2H])n1c(=O)n(C2CC(NC(=O)OC3CC3)C2)c2cc(Nc3cc(C(C)(C)O)c4cccc(C(F)(F)F)c4n3)ncc21. The molecular formula is C28H29F3N6O4. The lowest BCUT2D eigenvalue weighted by Gasteiger charge is -2.36. The van der Waals surface area contributed by atoms with Crippen molar-refractivity contribution in [2.45, 2.75) is 69.5 Å². The van der Waals surface area contributed by atoms with Crippen LogP contribution in [0.3, 0.4) is 0 Å². The van der Waals surface area contributed by atoms with Gasteiger partial charge in [0, 0.05) is 34.6 Å². The number of alkyl halides is 3. The molecule has 2 fully saturated rings. The summed E-state index contributed by atoms with van der Waals surface area (Å²) in [6.07, 6.45) is -1.76. The minimum Gasteiger partial charge on any atom is -0.446 e. The first-order chi connectivity index (χ1) is 20.5. The number of anilines is 2. The Bertz CT molecular complexity index is 1840. The Morgan fingerprint density at radius 1 is 1.15 bits per heavy atom. The van der Waals surface area contributed by atoms with Crippen LogP contribution in [0.4, 0.5) is 29.6 Å². The molecule has 4 aromatic rings. The van der Waals surface area contributed by atoms with E-state index in [9.17, 15) is 27.9 Å². The lowest BCUT2D eigenvalue weighted by Crippen LogP contribution is -2.47. The van der Waals surface area contributed by atoms with Crippen molar-refractivity contribution in [2.75, 3.05) is 5.32 Å². The van der Waals surface area contributed by atoms with Crippen molar-refractivity contribution in [1.82, 2.24) is 24.4 Å². The fraction of sp³-hybridized carbons (Fsp3) is 0.429. The summed E-state index contributed by atoms with van der Waals surface area (Å²) >= 11 is 0. The summed E-state index contributed by atoms with van der Waals surface area (Å²) in [5.74, 6) is 0.0263. The molecule has 1 aromatic carbocycles. The van der Waals surface area contributed by atoms with Gasteiger partial charge in [-0.05, 0) is 57.2 Å². The number of rotatable bonds is 6. The number of pyridine rings is 2. The molecule has 2 saturated carbocycles. The number of aliphatic hydroxyl groups is 1. The van der Waals surface area contributed by atoms with Crippen molar-refractivity contribution in [1.29, 1.82) is 0 Å². The molecule has 0 atom stereocenters. The van der Waals surface area contributed by atoms with Gasteiger partial charge in [-0.1, -0.05) is 12.1 Å². The van der Waals surface area contributed by atoms with Crippen molar-refractivity contribution < 1.29 is 31.9 Å². The minimum atomic E-state index is -4.71. The maximum absolute atomic E-state index is 13.9. The van der Waals surface area contributed by atoms with Gasteiger partial charge in [0.2, 0.25) is 0 Å². The van der Waals surface area contributed by atoms with Crippen LogP contribution in [0.2, 0.25) is 0 Å². The zero-order valence-corrected chi connectivity index (χ0v) is 22.1. The lowest BCUT2D eigenvalue weighted by molar-refractivity contribution is -0.136. The second-order valence-corrected chi connectivity index (χ2v) is 11.1. The molecule has 0 radical (unpaired) electrons. The molecule has 3 aromatic heterocycles. The number of nitrogens with zero attached hydrogens (tertiary/aromatic N) is 4. The van der Waals surface area contributed by atoms with E-state index < -0.39 is 42.1 Å². The van der Waals surface area contributed by atoms with Crippen molar-refractivity contribution in [3.63, 3.8) is 0 Å². The number of aromatic nitrogens is 4. The molecular weight excluding hydrogens is 541 g/mol. The predicted molar refractivity (Wildman–Crippen MR) is 145 cm³/mol. The van der Waals surface area contributed by atoms with Gasteiger partial charge >= 0.3 is 18.0 Å². The summed E-state index contributed by atoms with van der Waals surface area (Å²) in [7, 11) is 0. The number of aryl methyl sites for hydroxylation is 1. The van der Waals surface area contributed by atoms with E-state index in [1.807, 2.05) is 0 Å². The number of nitrogens with one attached hydrogen (secondary N) is 2. The number of amides is 1. The number of hydrogen-bond acceptors (Lipinski definition) is 7. The highest BCUT2D eigenvalue weighted by Crippen LogP contribution is 2.39. The largest absolute Gasteiger partial charge is 0.446 e. The topological polar surface area (TPSA) is 123 Å². The molecule has 41 heavy (non-hydrogen) atoms. The molecule has 1 amide bonds. The van der Waals surface area contributed by atoms with Gasteiger partial charge in [0.05, 0.1) is 33.9 Å². The Morgan fingerprint density at radius 3 is 2.56 bits per heavy atom. The first-order valence-electron chi connectivity index (χ1n) is 14.6. The van der Waals surface area contributed by atoms with Crippen LogP contribution in [-0.2, 0) is 23.5 Å². The molecule has 3 heterocycles. The predicted octanol–water partition coefficient (Wildman–Crippen LogP) is 4.87. The number of ether oxygens (including phenoxy) is 1. The zero-order valence-electron chi connectivity index (χ0n) is 25.1. The molecule has 0 bridgehead atoms. The van der Waals surface area contributed by atoms with Crippen LogP contribution in [0.25, 0.3) is 21.9 Å². The van der Waals surface area contributed by atoms with Gasteiger partial charge in [-0.15, -0.1) is 0 Å². The monoisotopic (exact) mass is 573 g/mol. The van der Waals surface area contributed by atoms with E-state index in [1.165, 1.54) is 48.9 Å². The third kappa shape index (κ3) is 5.09. The van der Waals surface area contributed by atoms with Crippen molar-refractivity contribution in [3.8, 4) is 0 Å². The smallest absolute Gasteiger partial charge is 0.418 e. The highest BCUT2D eigenvalue weighted by Gasteiger charge is 2.37. The van der Waals surface area contributed by atoms with E-state index in [1.54, 1.807) is 0 Å². The van der Waals surface area contributed by atoms with Gasteiger partial charge in [-0.25, -0.2) is 19.6 Å². The van der Waals surface area contributed by atoms with E-state index in [2.05, 4.69) is 20.6 Å². The standard InChI is InChI=1S/C28H29F3N6O4/c1-27(2,40)19-11-23(35-24-17(19)5-4-6-18(24)28(29,30)31)34-22-12-20-21(13-32-22)36(3)26(39)37(20)15-9-14(10-15)33-25(38)41-16-7-8-16/h4-6,11-16,40H,7-10H2,1-3H3,(H,33,38)(H,32,34,35)/i3D3. The number of imidazole rings is 1. The van der Waals surface area contributed by atoms with Gasteiger partial charge in [-0.3, -0.25) is 9.13 Å². The molecule has 6 rings (SSSR count). The summed E-state index contributed by atoms with van der Waals surface area (Å²) in [6.45, 7) is 0.0691. The van der Waals surface area contributed by atoms with Crippen LogP contribution in [0.1, 0.15) is 60.8 Å². The fourth-order valence-electron chi connectivity index (χ4n) is 5.17. The number of para-hydroxylation sites is 1. The Kier molecular flexibility index (Phi) is 5.44. The highest BCUT2D eigenvalue weighted by molar-refractivity contribution is 5.88. The maximum atomic E-state index is 13.9. The third-order valence-electron chi connectivity index (χ3n) is 7.42. The molecule has 216 valence electrons. The van der Waals surface area contributed by atoms with Crippen LogP contribution in [0.5, 0.6) is 0 Å². The summed E-state index contributed by atoms with van der Waals surface area (Å²) in [6, 6.07) is 5.72. The molecule has 13 heteroatoms. The molecule has 0 aliphatic heterocycles. The highest BCUT2D eigenvalue weighted by atomic mass is 19.4. The van der Waals surface area contributed by atoms with Gasteiger partial charge in [0.15, 0.2) is 0 Å². The third-order valence-corrected chi connectivity index (χ3v) is 7.42. The summed E-state index contributed by atoms with van der Waals surface area (Å²) < 4.78 is 72.6. The normalized spacial score (nSPS) is 20.7. The molecule has 3 N–H and O–H groups in total. The van der Waals surface area contributed by atoms with E-state index in [4.69, 9.17) is 8.85 Å². The number of carbonyl (C=O) groups is 1. The number of fused-ring (bicyclic) bond motifs is 2. The van der Waals surface area contributed by atoms with Crippen LogP contribution < -0.4 is 16.3 Å². The number of carbonyl (C=O) groups excluding carboxylic acids is 1. The molecule has 0 spiro atoms. The number of benzene rings is 1. The second kappa shape index (κ2) is 9.47. The maximum Gasteiger partial charge on any atom is 0.418 e. The zero-order chi connectivity index (χ0) is 31.8. The summed E-state index contributed by atoms with van der Waals surface area (Å²) in [5.41, 5.74) is -3.22. The Labute approximate surface area is 236 Å². The Hall–Kier alpha value is -4.13. The number of hydrogen-bond donors (Lipinski definition) is 3. The first-order valence-corrected chi connectivity index (χ1v) is 13.1. The van der Waals surface area contributed by atoms with Gasteiger partial charge in [0.25, 0.3) is 0 Å². The molecule has 10 nitrogen and oxygen atoms in total. The molecule has 2 aliphatic carbocycles. The van der Waals surface area contributed by atoms with Crippen LogP contribution in [-0.4, -0.2) is 42.4 Å². The van der Waals surface area contributed by atoms with Gasteiger partial charge in [0.1, 0.15) is 17.7 Å². The quantitative estimate of drug-likeness (QED) is 0.301. The molecule has 0 saturated heterocycles. The van der Waals surface area contributed by atoms with Crippen molar-refractivity contribution in [3.05, 3.63) is 58.1 Å². The second-order valence-electron chi connectivity index (χ2n) is 11.1. The summed E-state index contributed by atoms with van der Waals surface area (Å²) in [4.78, 5) is 33.9. The van der Waals surface area contributed by atoms with E-state index in [0.717, 1.165) is 18.9 Å². The van der Waals surface area contributed by atoms with E-state index >= 15 is 0 Å². The average molecular weight is 574 g/mol. The van der Waals surface area contributed by atoms with Crippen LogP contribution >= 0.6 is 0 Å². The minimum absolute atomic E-state index is 0.0353. The Balaban J connectivity index is 1.38. The van der Waals surface area contributed by atoms with Crippen LogP contribution in [0, 0.1) is 0 Å². The number of halogens is 3.